The summed E-state index contributed by atoms with van der Waals surface area (Å²) in [5.74, 6) is 0.162. The molecule has 1 saturated heterocycles. The third-order valence-corrected chi connectivity index (χ3v) is 3.96. The van der Waals surface area contributed by atoms with Gasteiger partial charge in [0, 0.05) is 30.5 Å². The molecule has 0 radical (unpaired) electrons. The highest BCUT2D eigenvalue weighted by Gasteiger charge is 2.16. The Morgan fingerprint density at radius 2 is 2.16 bits per heavy atom. The van der Waals surface area contributed by atoms with E-state index < -0.39 is 0 Å². The van der Waals surface area contributed by atoms with Gasteiger partial charge in [-0.25, -0.2) is 9.97 Å². The lowest BCUT2D eigenvalue weighted by molar-refractivity contribution is 0.100. The van der Waals surface area contributed by atoms with Crippen molar-refractivity contribution in [2.45, 2.75) is 25.9 Å². The molecule has 0 bridgehead atoms. The second kappa shape index (κ2) is 7.85. The number of ether oxygens (including phenoxy) is 1. The van der Waals surface area contributed by atoms with Crippen LogP contribution in [0.4, 0.5) is 11.5 Å². The lowest BCUT2D eigenvalue weighted by Gasteiger charge is -2.11. The highest BCUT2D eigenvalue weighted by Crippen LogP contribution is 2.15. The van der Waals surface area contributed by atoms with Crippen LogP contribution in [0.15, 0.2) is 36.7 Å². The monoisotopic (exact) mass is 340 g/mol. The fourth-order valence-corrected chi connectivity index (χ4v) is 2.61. The van der Waals surface area contributed by atoms with Crippen molar-refractivity contribution in [3.63, 3.8) is 0 Å². The fourth-order valence-electron chi connectivity index (χ4n) is 2.61. The van der Waals surface area contributed by atoms with E-state index in [9.17, 15) is 9.59 Å². The van der Waals surface area contributed by atoms with E-state index in [1.165, 1.54) is 13.3 Å². The van der Waals surface area contributed by atoms with E-state index in [-0.39, 0.29) is 23.5 Å². The third kappa shape index (κ3) is 4.60. The molecule has 7 nitrogen and oxygen atoms in total. The molecule has 1 fully saturated rings. The molecule has 3 rings (SSSR count). The number of hydrogen-bond donors (Lipinski definition) is 2. The number of amides is 1. The number of anilines is 2. The number of carbonyl (C=O) groups excluding carboxylic acids is 2. The smallest absolute Gasteiger partial charge is 0.274 e. The molecule has 0 saturated carbocycles. The number of carbonyl (C=O) groups is 2. The van der Waals surface area contributed by atoms with Crippen LogP contribution in [0.1, 0.15) is 40.6 Å². The van der Waals surface area contributed by atoms with Crippen LogP contribution in [0.25, 0.3) is 0 Å². The molecule has 130 valence electrons. The fraction of sp³-hybridized carbons (Fsp3) is 0.333. The summed E-state index contributed by atoms with van der Waals surface area (Å²) in [6.07, 6.45) is 3.63. The van der Waals surface area contributed by atoms with Crippen molar-refractivity contribution in [3.05, 3.63) is 47.9 Å². The molecule has 2 N–H and O–H groups in total. The topological polar surface area (TPSA) is 93.2 Å². The predicted molar refractivity (Wildman–Crippen MR) is 93.9 cm³/mol. The van der Waals surface area contributed by atoms with Gasteiger partial charge in [-0.2, -0.15) is 0 Å². The Morgan fingerprint density at radius 1 is 1.28 bits per heavy atom. The molecule has 1 aliphatic rings. The summed E-state index contributed by atoms with van der Waals surface area (Å²) in [6.45, 7) is 2.93. The largest absolute Gasteiger partial charge is 0.376 e. The van der Waals surface area contributed by atoms with Gasteiger partial charge in [-0.3, -0.25) is 9.59 Å². The SMILES string of the molecule is CC(=O)c1cccc(NC(=O)c2cc(NCC3CCCO3)ncn2)c1. The van der Waals surface area contributed by atoms with Crippen LogP contribution >= 0.6 is 0 Å². The van der Waals surface area contributed by atoms with E-state index in [4.69, 9.17) is 4.74 Å². The molecule has 2 heterocycles. The van der Waals surface area contributed by atoms with Crippen molar-refractivity contribution in [1.82, 2.24) is 9.97 Å². The number of ketones is 1. The van der Waals surface area contributed by atoms with Crippen molar-refractivity contribution in [2.75, 3.05) is 23.8 Å². The first-order valence-corrected chi connectivity index (χ1v) is 8.22. The molecule has 1 atom stereocenters. The van der Waals surface area contributed by atoms with Crippen LogP contribution in [0.5, 0.6) is 0 Å². The van der Waals surface area contributed by atoms with Crippen LogP contribution in [0, 0.1) is 0 Å². The molecular formula is C18H20N4O3. The van der Waals surface area contributed by atoms with Gasteiger partial charge in [0.1, 0.15) is 17.8 Å². The van der Waals surface area contributed by atoms with Gasteiger partial charge < -0.3 is 15.4 Å². The first-order valence-electron chi connectivity index (χ1n) is 8.22. The third-order valence-electron chi connectivity index (χ3n) is 3.96. The first kappa shape index (κ1) is 17.0. The van der Waals surface area contributed by atoms with E-state index in [1.54, 1.807) is 30.3 Å². The summed E-state index contributed by atoms with van der Waals surface area (Å²) < 4.78 is 5.55. The molecule has 0 spiro atoms. The summed E-state index contributed by atoms with van der Waals surface area (Å²) in [6, 6.07) is 8.38. The lowest BCUT2D eigenvalue weighted by atomic mass is 10.1. The average Bonchev–Trinajstić information content (AvgIpc) is 3.14. The summed E-state index contributed by atoms with van der Waals surface area (Å²) in [5.41, 5.74) is 1.34. The Morgan fingerprint density at radius 3 is 2.92 bits per heavy atom. The van der Waals surface area contributed by atoms with Gasteiger partial charge in [0.2, 0.25) is 0 Å². The zero-order valence-electron chi connectivity index (χ0n) is 14.0. The van der Waals surface area contributed by atoms with E-state index in [0.29, 0.717) is 23.6 Å². The summed E-state index contributed by atoms with van der Waals surface area (Å²) in [5, 5.41) is 5.91. The molecule has 0 aliphatic carbocycles. The lowest BCUT2D eigenvalue weighted by Crippen LogP contribution is -2.20. The van der Waals surface area contributed by atoms with Gasteiger partial charge in [0.15, 0.2) is 5.78 Å². The maximum Gasteiger partial charge on any atom is 0.274 e. The average molecular weight is 340 g/mol. The van der Waals surface area contributed by atoms with Gasteiger partial charge in [-0.1, -0.05) is 12.1 Å². The number of nitrogens with zero attached hydrogens (tertiary/aromatic N) is 2. The number of Topliss-reactive ketones (excluding diaryl/α,β-unsaturated/α-hetero) is 1. The predicted octanol–water partition coefficient (Wildman–Crippen LogP) is 2.52. The molecule has 1 aromatic heterocycles. The van der Waals surface area contributed by atoms with Crippen molar-refractivity contribution in [3.8, 4) is 0 Å². The van der Waals surface area contributed by atoms with Crippen LogP contribution in [0.3, 0.4) is 0 Å². The van der Waals surface area contributed by atoms with E-state index in [0.717, 1.165) is 19.4 Å². The van der Waals surface area contributed by atoms with Crippen LogP contribution < -0.4 is 10.6 Å². The van der Waals surface area contributed by atoms with Crippen molar-refractivity contribution in [2.24, 2.45) is 0 Å². The number of rotatable bonds is 6. The molecular weight excluding hydrogens is 320 g/mol. The van der Waals surface area contributed by atoms with Gasteiger partial charge in [-0.15, -0.1) is 0 Å². The zero-order valence-corrected chi connectivity index (χ0v) is 14.0. The summed E-state index contributed by atoms with van der Waals surface area (Å²) in [4.78, 5) is 31.9. The van der Waals surface area contributed by atoms with E-state index in [2.05, 4.69) is 20.6 Å². The number of hydrogen-bond acceptors (Lipinski definition) is 6. The zero-order chi connectivity index (χ0) is 17.6. The minimum atomic E-state index is -0.358. The van der Waals surface area contributed by atoms with Crippen LogP contribution in [-0.4, -0.2) is 40.9 Å². The second-order valence-electron chi connectivity index (χ2n) is 5.90. The summed E-state index contributed by atoms with van der Waals surface area (Å²) >= 11 is 0. The molecule has 2 aromatic rings. The van der Waals surface area contributed by atoms with Crippen LogP contribution in [-0.2, 0) is 4.74 Å². The number of aromatic nitrogens is 2. The molecule has 1 aromatic carbocycles. The maximum atomic E-state index is 12.4. The summed E-state index contributed by atoms with van der Waals surface area (Å²) in [7, 11) is 0. The quantitative estimate of drug-likeness (QED) is 0.785. The van der Waals surface area contributed by atoms with Gasteiger partial charge in [-0.05, 0) is 31.9 Å². The highest BCUT2D eigenvalue weighted by atomic mass is 16.5. The highest BCUT2D eigenvalue weighted by molar-refractivity contribution is 6.04. The molecule has 1 amide bonds. The van der Waals surface area contributed by atoms with Crippen molar-refractivity contribution in [1.29, 1.82) is 0 Å². The number of nitrogens with one attached hydrogen (secondary N) is 2. The van der Waals surface area contributed by atoms with E-state index in [1.807, 2.05) is 0 Å². The van der Waals surface area contributed by atoms with Gasteiger partial charge in [0.25, 0.3) is 5.91 Å². The normalized spacial score (nSPS) is 16.4. The number of benzene rings is 1. The minimum Gasteiger partial charge on any atom is -0.376 e. The molecule has 1 unspecified atom stereocenters. The standard InChI is InChI=1S/C18H20N4O3/c1-12(23)13-4-2-5-14(8-13)22-18(24)16-9-17(21-11-20-16)19-10-15-6-3-7-25-15/h2,4-5,8-9,11,15H,3,6-7,10H2,1H3,(H,22,24)(H,19,20,21). The Kier molecular flexibility index (Phi) is 5.35. The van der Waals surface area contributed by atoms with Gasteiger partial charge >= 0.3 is 0 Å². The maximum absolute atomic E-state index is 12.4. The van der Waals surface area contributed by atoms with Gasteiger partial charge in [0.05, 0.1) is 6.10 Å². The Bertz CT molecular complexity index is 772. The molecule has 1 aliphatic heterocycles. The van der Waals surface area contributed by atoms with E-state index >= 15 is 0 Å². The van der Waals surface area contributed by atoms with Crippen molar-refractivity contribution < 1.29 is 14.3 Å². The Balaban J connectivity index is 1.64. The molecule has 7 heteroatoms. The minimum absolute atomic E-state index is 0.0567. The van der Waals surface area contributed by atoms with Crippen LogP contribution in [0.2, 0.25) is 0 Å². The Labute approximate surface area is 145 Å². The van der Waals surface area contributed by atoms with Crippen molar-refractivity contribution >= 4 is 23.2 Å². The first-order chi connectivity index (χ1) is 12.1. The second-order valence-corrected chi connectivity index (χ2v) is 5.90. The molecule has 25 heavy (non-hydrogen) atoms. The Hall–Kier alpha value is -2.80.